The second-order valence-electron chi connectivity index (χ2n) is 6.46. The maximum atomic E-state index is 12.4. The van der Waals surface area contributed by atoms with Crippen LogP contribution in [0.3, 0.4) is 0 Å². The summed E-state index contributed by atoms with van der Waals surface area (Å²) in [6, 6.07) is 15.1. The highest BCUT2D eigenvalue weighted by Gasteiger charge is 2.12. The van der Waals surface area contributed by atoms with Gasteiger partial charge in [-0.25, -0.2) is 4.68 Å². The summed E-state index contributed by atoms with van der Waals surface area (Å²) in [4.78, 5) is 12.4. The number of amides is 1. The van der Waals surface area contributed by atoms with Crippen molar-refractivity contribution in [2.24, 2.45) is 0 Å². The van der Waals surface area contributed by atoms with Crippen molar-refractivity contribution in [3.05, 3.63) is 71.5 Å². The van der Waals surface area contributed by atoms with E-state index in [0.717, 1.165) is 22.6 Å². The van der Waals surface area contributed by atoms with Crippen molar-refractivity contribution < 1.29 is 14.3 Å². The third kappa shape index (κ3) is 5.17. The molecule has 0 unspecified atom stereocenters. The molecule has 1 aromatic heterocycles. The minimum absolute atomic E-state index is 0.218. The van der Waals surface area contributed by atoms with Crippen molar-refractivity contribution in [1.82, 2.24) is 15.1 Å². The van der Waals surface area contributed by atoms with Crippen molar-refractivity contribution >= 4 is 5.91 Å². The molecule has 3 aromatic rings. The molecule has 0 fully saturated rings. The molecule has 0 aliphatic carbocycles. The van der Waals surface area contributed by atoms with Crippen LogP contribution in [0, 0.1) is 19.3 Å². The first kappa shape index (κ1) is 20.0. The molecule has 6 heteroatoms. The Hall–Kier alpha value is -3.72. The summed E-state index contributed by atoms with van der Waals surface area (Å²) in [6.45, 7) is 2.74. The molecule has 3 rings (SSSR count). The van der Waals surface area contributed by atoms with Crippen LogP contribution in [0.2, 0.25) is 0 Å². The van der Waals surface area contributed by atoms with Gasteiger partial charge in [0.2, 0.25) is 0 Å². The zero-order valence-corrected chi connectivity index (χ0v) is 16.5. The number of ether oxygens (including phenoxy) is 2. The molecule has 0 saturated carbocycles. The fourth-order valence-corrected chi connectivity index (χ4v) is 2.85. The molecule has 1 heterocycles. The number of aryl methyl sites for hydroxylation is 1. The van der Waals surface area contributed by atoms with Crippen LogP contribution in [0.15, 0.2) is 54.7 Å². The van der Waals surface area contributed by atoms with Gasteiger partial charge in [0.15, 0.2) is 5.69 Å². The molecule has 0 saturated heterocycles. The van der Waals surface area contributed by atoms with Crippen LogP contribution in [0.1, 0.15) is 21.6 Å². The van der Waals surface area contributed by atoms with Crippen LogP contribution < -0.4 is 14.8 Å². The molecule has 1 N–H and O–H groups in total. The summed E-state index contributed by atoms with van der Waals surface area (Å²) in [5.74, 6) is 3.64. The van der Waals surface area contributed by atoms with Gasteiger partial charge in [-0.3, -0.25) is 4.79 Å². The SMILES string of the molecule is C#CCOc1ccc(CCNC(=O)c2ccn(-c3cc(C)ccc3OC)n2)cc1. The highest BCUT2D eigenvalue weighted by atomic mass is 16.5. The number of rotatable bonds is 8. The lowest BCUT2D eigenvalue weighted by molar-refractivity contribution is 0.0948. The molecule has 2 aromatic carbocycles. The van der Waals surface area contributed by atoms with Crippen LogP contribution in [0.5, 0.6) is 11.5 Å². The third-order valence-corrected chi connectivity index (χ3v) is 4.35. The molecule has 148 valence electrons. The number of benzene rings is 2. The van der Waals surface area contributed by atoms with E-state index in [9.17, 15) is 4.79 Å². The van der Waals surface area contributed by atoms with Gasteiger partial charge in [-0.2, -0.15) is 5.10 Å². The quantitative estimate of drug-likeness (QED) is 0.601. The largest absolute Gasteiger partial charge is 0.494 e. The molecule has 0 atom stereocenters. The molecular weight excluding hydrogens is 366 g/mol. The third-order valence-electron chi connectivity index (χ3n) is 4.35. The topological polar surface area (TPSA) is 65.4 Å². The first-order valence-electron chi connectivity index (χ1n) is 9.25. The molecule has 29 heavy (non-hydrogen) atoms. The van der Waals surface area contributed by atoms with E-state index in [1.54, 1.807) is 24.1 Å². The van der Waals surface area contributed by atoms with Gasteiger partial charge in [0.05, 0.1) is 7.11 Å². The Morgan fingerprint density at radius 2 is 2.00 bits per heavy atom. The van der Waals surface area contributed by atoms with Crippen molar-refractivity contribution in [3.8, 4) is 29.5 Å². The van der Waals surface area contributed by atoms with Gasteiger partial charge in [0.1, 0.15) is 23.8 Å². The molecular formula is C23H23N3O3. The summed E-state index contributed by atoms with van der Waals surface area (Å²) in [5.41, 5.74) is 3.32. The van der Waals surface area contributed by atoms with Gasteiger partial charge in [-0.1, -0.05) is 24.1 Å². The van der Waals surface area contributed by atoms with E-state index in [2.05, 4.69) is 16.3 Å². The average Bonchev–Trinajstić information content (AvgIpc) is 3.23. The number of hydrogen-bond donors (Lipinski definition) is 1. The van der Waals surface area contributed by atoms with Crippen LogP contribution in [0.25, 0.3) is 5.69 Å². The average molecular weight is 389 g/mol. The van der Waals surface area contributed by atoms with Crippen molar-refractivity contribution in [1.29, 1.82) is 0 Å². The molecule has 1 amide bonds. The minimum atomic E-state index is -0.218. The predicted octanol–water partition coefficient (Wildman–Crippen LogP) is 3.17. The van der Waals surface area contributed by atoms with Gasteiger partial charge in [-0.05, 0) is 54.8 Å². The number of carbonyl (C=O) groups excluding carboxylic acids is 1. The van der Waals surface area contributed by atoms with Crippen molar-refractivity contribution in [2.75, 3.05) is 20.3 Å². The monoisotopic (exact) mass is 389 g/mol. The number of hydrogen-bond acceptors (Lipinski definition) is 4. The van der Waals surface area contributed by atoms with Gasteiger partial charge >= 0.3 is 0 Å². The van der Waals surface area contributed by atoms with E-state index in [1.807, 2.05) is 49.4 Å². The van der Waals surface area contributed by atoms with Gasteiger partial charge in [0.25, 0.3) is 5.91 Å². The first-order chi connectivity index (χ1) is 14.1. The summed E-state index contributed by atoms with van der Waals surface area (Å²) in [6.07, 6.45) is 7.63. The Morgan fingerprint density at radius 3 is 2.72 bits per heavy atom. The minimum Gasteiger partial charge on any atom is -0.494 e. The Morgan fingerprint density at radius 1 is 1.21 bits per heavy atom. The van der Waals surface area contributed by atoms with Crippen molar-refractivity contribution in [2.45, 2.75) is 13.3 Å². The maximum Gasteiger partial charge on any atom is 0.271 e. The lowest BCUT2D eigenvalue weighted by atomic mass is 10.1. The zero-order valence-electron chi connectivity index (χ0n) is 16.5. The van der Waals surface area contributed by atoms with Crippen LogP contribution in [-0.2, 0) is 6.42 Å². The standard InChI is InChI=1S/C23H23N3O3/c1-4-15-29-19-8-6-18(7-9-19)11-13-24-23(27)20-12-14-26(25-20)21-16-17(2)5-10-22(21)28-3/h1,5-10,12,14,16H,11,13,15H2,2-3H3,(H,24,27). The zero-order chi connectivity index (χ0) is 20.6. The van der Waals surface area contributed by atoms with E-state index in [0.29, 0.717) is 24.4 Å². The maximum absolute atomic E-state index is 12.4. The number of methoxy groups -OCH3 is 1. The van der Waals surface area contributed by atoms with E-state index in [4.69, 9.17) is 15.9 Å². The van der Waals surface area contributed by atoms with Crippen molar-refractivity contribution in [3.63, 3.8) is 0 Å². The molecule has 6 nitrogen and oxygen atoms in total. The highest BCUT2D eigenvalue weighted by molar-refractivity contribution is 5.92. The Bertz CT molecular complexity index is 1020. The normalized spacial score (nSPS) is 10.2. The molecule has 0 spiro atoms. The Kier molecular flexibility index (Phi) is 6.54. The second-order valence-corrected chi connectivity index (χ2v) is 6.46. The van der Waals surface area contributed by atoms with E-state index in [-0.39, 0.29) is 12.5 Å². The van der Waals surface area contributed by atoms with E-state index >= 15 is 0 Å². The first-order valence-corrected chi connectivity index (χ1v) is 9.25. The predicted molar refractivity (Wildman–Crippen MR) is 112 cm³/mol. The van der Waals surface area contributed by atoms with Crippen LogP contribution in [0.4, 0.5) is 0 Å². The number of aromatic nitrogens is 2. The molecule has 0 aliphatic heterocycles. The summed E-state index contributed by atoms with van der Waals surface area (Å²) < 4.78 is 12.4. The van der Waals surface area contributed by atoms with Gasteiger partial charge in [-0.15, -0.1) is 6.42 Å². The number of carbonyl (C=O) groups is 1. The summed E-state index contributed by atoms with van der Waals surface area (Å²) >= 11 is 0. The molecule has 0 radical (unpaired) electrons. The van der Waals surface area contributed by atoms with Crippen LogP contribution >= 0.6 is 0 Å². The lowest BCUT2D eigenvalue weighted by Crippen LogP contribution is -2.26. The van der Waals surface area contributed by atoms with Crippen LogP contribution in [-0.4, -0.2) is 35.9 Å². The van der Waals surface area contributed by atoms with E-state index in [1.165, 1.54) is 0 Å². The van der Waals surface area contributed by atoms with Gasteiger partial charge < -0.3 is 14.8 Å². The smallest absolute Gasteiger partial charge is 0.271 e. The summed E-state index contributed by atoms with van der Waals surface area (Å²) in [5, 5.41) is 7.29. The number of terminal acetylenes is 1. The fourth-order valence-electron chi connectivity index (χ4n) is 2.85. The lowest BCUT2D eigenvalue weighted by Gasteiger charge is -2.09. The Labute approximate surface area is 170 Å². The van der Waals surface area contributed by atoms with E-state index < -0.39 is 0 Å². The number of nitrogens with one attached hydrogen (secondary N) is 1. The second kappa shape index (κ2) is 9.47. The number of nitrogens with zero attached hydrogens (tertiary/aromatic N) is 2. The fraction of sp³-hybridized carbons (Fsp3) is 0.217. The Balaban J connectivity index is 1.57. The molecule has 0 aliphatic rings. The van der Waals surface area contributed by atoms with Gasteiger partial charge in [0, 0.05) is 12.7 Å². The highest BCUT2D eigenvalue weighted by Crippen LogP contribution is 2.23. The molecule has 0 bridgehead atoms. The summed E-state index contributed by atoms with van der Waals surface area (Å²) in [7, 11) is 1.61.